The summed E-state index contributed by atoms with van der Waals surface area (Å²) in [7, 11) is 1.56. The van der Waals surface area contributed by atoms with Gasteiger partial charge >= 0.3 is 0 Å². The molecule has 0 heterocycles. The summed E-state index contributed by atoms with van der Waals surface area (Å²) in [4.78, 5) is 0. The van der Waals surface area contributed by atoms with E-state index in [2.05, 4.69) is 4.74 Å². The van der Waals surface area contributed by atoms with Gasteiger partial charge in [-0.1, -0.05) is 0 Å². The summed E-state index contributed by atoms with van der Waals surface area (Å²) in [6.45, 7) is 7.58. The smallest absolute Gasteiger partial charge is 0.0745 e. The predicted octanol–water partition coefficient (Wildman–Crippen LogP) is 0.0620. The van der Waals surface area contributed by atoms with Gasteiger partial charge in [0.15, 0.2) is 0 Å². The molecular weight excluding hydrogens is 240 g/mol. The molecule has 0 rings (SSSR count). The molecule has 0 bridgehead atoms. The second kappa shape index (κ2) is 19.1. The SMILES string of the molecule is CCOCCOCCOCCO.COCC(C)O. The number of aliphatic hydroxyl groups is 2. The number of rotatable bonds is 11. The average Bonchev–Trinajstić information content (AvgIpc) is 2.33. The van der Waals surface area contributed by atoms with Crippen LogP contribution in [0.25, 0.3) is 0 Å². The number of ether oxygens (including phenoxy) is 4. The van der Waals surface area contributed by atoms with E-state index in [1.54, 1.807) is 14.0 Å². The second-order valence-electron chi connectivity index (χ2n) is 3.45. The van der Waals surface area contributed by atoms with Crippen molar-refractivity contribution in [2.24, 2.45) is 0 Å². The van der Waals surface area contributed by atoms with E-state index in [0.717, 1.165) is 6.61 Å². The molecule has 0 aliphatic rings. The van der Waals surface area contributed by atoms with Gasteiger partial charge in [-0.3, -0.25) is 0 Å². The van der Waals surface area contributed by atoms with Crippen LogP contribution in [0, 0.1) is 0 Å². The first-order chi connectivity index (χ1) is 8.68. The zero-order valence-electron chi connectivity index (χ0n) is 11.8. The minimum Gasteiger partial charge on any atom is -0.394 e. The molecule has 6 heteroatoms. The highest BCUT2D eigenvalue weighted by Crippen LogP contribution is 1.80. The van der Waals surface area contributed by atoms with Crippen molar-refractivity contribution >= 4 is 0 Å². The summed E-state index contributed by atoms with van der Waals surface area (Å²) in [5, 5.41) is 16.8. The Morgan fingerprint density at radius 2 is 1.44 bits per heavy atom. The molecule has 0 aliphatic carbocycles. The van der Waals surface area contributed by atoms with Gasteiger partial charge in [-0.2, -0.15) is 0 Å². The monoisotopic (exact) mass is 268 g/mol. The minimum atomic E-state index is -0.324. The summed E-state index contributed by atoms with van der Waals surface area (Å²) in [6, 6.07) is 0. The Morgan fingerprint density at radius 3 is 1.78 bits per heavy atom. The molecule has 0 saturated carbocycles. The van der Waals surface area contributed by atoms with Gasteiger partial charge in [-0.05, 0) is 13.8 Å². The average molecular weight is 268 g/mol. The fraction of sp³-hybridized carbons (Fsp3) is 1.00. The highest BCUT2D eigenvalue weighted by atomic mass is 16.5. The Morgan fingerprint density at radius 1 is 0.944 bits per heavy atom. The van der Waals surface area contributed by atoms with Crippen LogP contribution in [-0.4, -0.2) is 76.3 Å². The van der Waals surface area contributed by atoms with Gasteiger partial charge in [0.2, 0.25) is 0 Å². The van der Waals surface area contributed by atoms with E-state index in [4.69, 9.17) is 24.4 Å². The molecule has 2 N–H and O–H groups in total. The van der Waals surface area contributed by atoms with Crippen LogP contribution in [0.2, 0.25) is 0 Å². The first-order valence-corrected chi connectivity index (χ1v) is 6.20. The van der Waals surface area contributed by atoms with Crippen molar-refractivity contribution < 1.29 is 29.2 Å². The summed E-state index contributed by atoms with van der Waals surface area (Å²) >= 11 is 0. The molecule has 0 aromatic rings. The topological polar surface area (TPSA) is 77.4 Å². The van der Waals surface area contributed by atoms with Crippen LogP contribution in [-0.2, 0) is 18.9 Å². The zero-order valence-corrected chi connectivity index (χ0v) is 11.8. The van der Waals surface area contributed by atoms with E-state index in [1.165, 1.54) is 0 Å². The van der Waals surface area contributed by atoms with Gasteiger partial charge < -0.3 is 29.2 Å². The molecule has 0 amide bonds. The van der Waals surface area contributed by atoms with Crippen molar-refractivity contribution in [2.75, 3.05) is 60.0 Å². The lowest BCUT2D eigenvalue weighted by Gasteiger charge is -2.04. The molecule has 112 valence electrons. The van der Waals surface area contributed by atoms with Gasteiger partial charge in [0.1, 0.15) is 0 Å². The molecule has 0 spiro atoms. The van der Waals surface area contributed by atoms with Crippen molar-refractivity contribution in [3.05, 3.63) is 0 Å². The highest BCUT2D eigenvalue weighted by Gasteiger charge is 1.89. The molecule has 0 aromatic heterocycles. The lowest BCUT2D eigenvalue weighted by molar-refractivity contribution is 0.00965. The van der Waals surface area contributed by atoms with E-state index < -0.39 is 0 Å². The fourth-order valence-corrected chi connectivity index (χ4v) is 0.890. The van der Waals surface area contributed by atoms with Crippen LogP contribution in [0.3, 0.4) is 0 Å². The van der Waals surface area contributed by atoms with Crippen LogP contribution in [0.5, 0.6) is 0 Å². The van der Waals surface area contributed by atoms with Crippen molar-refractivity contribution in [1.29, 1.82) is 0 Å². The van der Waals surface area contributed by atoms with E-state index in [0.29, 0.717) is 39.6 Å². The van der Waals surface area contributed by atoms with Crippen molar-refractivity contribution in [3.63, 3.8) is 0 Å². The maximum Gasteiger partial charge on any atom is 0.0745 e. The van der Waals surface area contributed by atoms with Crippen molar-refractivity contribution in [2.45, 2.75) is 20.0 Å². The second-order valence-corrected chi connectivity index (χ2v) is 3.45. The van der Waals surface area contributed by atoms with E-state index in [-0.39, 0.29) is 12.7 Å². The lowest BCUT2D eigenvalue weighted by Crippen LogP contribution is -2.10. The molecule has 1 atom stereocenters. The first kappa shape index (κ1) is 20.1. The zero-order chi connectivity index (χ0) is 14.1. The van der Waals surface area contributed by atoms with E-state index >= 15 is 0 Å². The quantitative estimate of drug-likeness (QED) is 0.516. The molecule has 0 radical (unpaired) electrons. The molecular formula is C12H28O6. The molecule has 6 nitrogen and oxygen atoms in total. The first-order valence-electron chi connectivity index (χ1n) is 6.20. The lowest BCUT2D eigenvalue weighted by atomic mass is 10.5. The van der Waals surface area contributed by atoms with Gasteiger partial charge in [-0.15, -0.1) is 0 Å². The Bertz CT molecular complexity index is 122. The largest absolute Gasteiger partial charge is 0.394 e. The Hall–Kier alpha value is -0.240. The van der Waals surface area contributed by atoms with Crippen molar-refractivity contribution in [3.8, 4) is 0 Å². The standard InChI is InChI=1S/C8H18O4.C4H10O2/c1-2-10-5-6-12-8-7-11-4-3-9;1-4(5)3-6-2/h9H,2-8H2,1H3;4-5H,3H2,1-2H3. The van der Waals surface area contributed by atoms with Crippen LogP contribution in [0.1, 0.15) is 13.8 Å². The third-order valence-corrected chi connectivity index (χ3v) is 1.59. The summed E-state index contributed by atoms with van der Waals surface area (Å²) in [5.74, 6) is 0. The fourth-order valence-electron chi connectivity index (χ4n) is 0.890. The molecule has 0 aliphatic heterocycles. The number of hydrogen-bond donors (Lipinski definition) is 2. The third kappa shape index (κ3) is 24.8. The van der Waals surface area contributed by atoms with Gasteiger partial charge in [0.05, 0.1) is 52.4 Å². The highest BCUT2D eigenvalue weighted by molar-refractivity contribution is 4.37. The molecule has 0 aromatic carbocycles. The maximum absolute atomic E-state index is 8.43. The van der Waals surface area contributed by atoms with Gasteiger partial charge in [-0.25, -0.2) is 0 Å². The number of hydrogen-bond acceptors (Lipinski definition) is 6. The van der Waals surface area contributed by atoms with Crippen molar-refractivity contribution in [1.82, 2.24) is 0 Å². The van der Waals surface area contributed by atoms with Gasteiger partial charge in [0, 0.05) is 13.7 Å². The number of methoxy groups -OCH3 is 1. The van der Waals surface area contributed by atoms with Crippen LogP contribution < -0.4 is 0 Å². The summed E-state index contributed by atoms with van der Waals surface area (Å²) < 4.78 is 19.7. The summed E-state index contributed by atoms with van der Waals surface area (Å²) in [6.07, 6.45) is -0.324. The van der Waals surface area contributed by atoms with Gasteiger partial charge in [0.25, 0.3) is 0 Å². The van der Waals surface area contributed by atoms with E-state index in [1.807, 2.05) is 6.92 Å². The third-order valence-electron chi connectivity index (χ3n) is 1.59. The van der Waals surface area contributed by atoms with E-state index in [9.17, 15) is 0 Å². The maximum atomic E-state index is 8.43. The van der Waals surface area contributed by atoms with Crippen LogP contribution in [0.4, 0.5) is 0 Å². The predicted molar refractivity (Wildman–Crippen MR) is 68.8 cm³/mol. The summed E-state index contributed by atoms with van der Waals surface area (Å²) in [5.41, 5.74) is 0. The minimum absolute atomic E-state index is 0.0684. The molecule has 1 unspecified atom stereocenters. The molecule has 0 saturated heterocycles. The Labute approximate surface area is 110 Å². The normalized spacial score (nSPS) is 11.8. The Balaban J connectivity index is 0. The Kier molecular flexibility index (Phi) is 21.3. The molecule has 18 heavy (non-hydrogen) atoms. The molecule has 0 fully saturated rings. The van der Waals surface area contributed by atoms with Crippen LogP contribution in [0.15, 0.2) is 0 Å². The van der Waals surface area contributed by atoms with Crippen LogP contribution >= 0.6 is 0 Å². The number of aliphatic hydroxyl groups excluding tert-OH is 2.